The van der Waals surface area contributed by atoms with Crippen LogP contribution in [0, 0.1) is 0 Å². The molecule has 0 amide bonds. The number of carbonyl (C=O) groups is 1. The zero-order chi connectivity index (χ0) is 16.7. The highest BCUT2D eigenvalue weighted by atomic mass is 16.5. The van der Waals surface area contributed by atoms with Crippen molar-refractivity contribution >= 4 is 5.97 Å². The van der Waals surface area contributed by atoms with Crippen LogP contribution in [0.3, 0.4) is 0 Å². The van der Waals surface area contributed by atoms with E-state index in [2.05, 4.69) is 5.32 Å². The third-order valence-corrected chi connectivity index (χ3v) is 3.58. The second-order valence-corrected chi connectivity index (χ2v) is 5.30. The predicted molar refractivity (Wildman–Crippen MR) is 87.4 cm³/mol. The lowest BCUT2D eigenvalue weighted by Gasteiger charge is -2.15. The Balaban J connectivity index is 1.82. The summed E-state index contributed by atoms with van der Waals surface area (Å²) in [5.41, 5.74) is 1.94. The smallest absolute Gasteiger partial charge is 0.323 e. The SMILES string of the molecule is CNC(Cc1ccc(O)cc1)C(=O)OCCc1ccc(O)cc1. The molecule has 0 bridgehead atoms. The van der Waals surface area contributed by atoms with Crippen molar-refractivity contribution in [2.45, 2.75) is 18.9 Å². The fraction of sp³-hybridized carbons (Fsp3) is 0.278. The average Bonchev–Trinajstić information content (AvgIpc) is 2.56. The van der Waals surface area contributed by atoms with Gasteiger partial charge in [0.05, 0.1) is 6.61 Å². The molecule has 0 aliphatic rings. The van der Waals surface area contributed by atoms with Gasteiger partial charge < -0.3 is 20.3 Å². The monoisotopic (exact) mass is 315 g/mol. The number of esters is 1. The van der Waals surface area contributed by atoms with Gasteiger partial charge in [-0.2, -0.15) is 0 Å². The van der Waals surface area contributed by atoms with E-state index in [0.717, 1.165) is 11.1 Å². The first-order valence-electron chi connectivity index (χ1n) is 7.48. The van der Waals surface area contributed by atoms with Gasteiger partial charge >= 0.3 is 5.97 Å². The molecule has 0 radical (unpaired) electrons. The molecule has 0 saturated carbocycles. The lowest BCUT2D eigenvalue weighted by Crippen LogP contribution is -2.37. The summed E-state index contributed by atoms with van der Waals surface area (Å²) in [6.07, 6.45) is 1.09. The first-order chi connectivity index (χ1) is 11.1. The summed E-state index contributed by atoms with van der Waals surface area (Å²) in [6, 6.07) is 13.1. The number of phenolic OH excluding ortho intramolecular Hbond substituents is 2. The van der Waals surface area contributed by atoms with Gasteiger partial charge in [-0.15, -0.1) is 0 Å². The normalized spacial score (nSPS) is 11.9. The van der Waals surface area contributed by atoms with Crippen LogP contribution in [-0.2, 0) is 22.4 Å². The van der Waals surface area contributed by atoms with Crippen LogP contribution in [0.15, 0.2) is 48.5 Å². The summed E-state index contributed by atoms with van der Waals surface area (Å²) in [4.78, 5) is 12.1. The highest BCUT2D eigenvalue weighted by Crippen LogP contribution is 2.12. The van der Waals surface area contributed by atoms with Crippen molar-refractivity contribution in [3.8, 4) is 11.5 Å². The number of ether oxygens (including phenoxy) is 1. The minimum atomic E-state index is -0.431. The summed E-state index contributed by atoms with van der Waals surface area (Å²) in [6.45, 7) is 0.289. The van der Waals surface area contributed by atoms with Gasteiger partial charge in [0.2, 0.25) is 0 Å². The summed E-state index contributed by atoms with van der Waals surface area (Å²) >= 11 is 0. The van der Waals surface area contributed by atoms with Crippen LogP contribution < -0.4 is 5.32 Å². The molecule has 2 aromatic rings. The Kier molecular flexibility index (Phi) is 6.00. The Morgan fingerprint density at radius 1 is 1.00 bits per heavy atom. The van der Waals surface area contributed by atoms with Crippen molar-refractivity contribution in [2.75, 3.05) is 13.7 Å². The fourth-order valence-corrected chi connectivity index (χ4v) is 2.20. The minimum Gasteiger partial charge on any atom is -0.508 e. The number of nitrogens with one attached hydrogen (secondary N) is 1. The number of aromatic hydroxyl groups is 2. The van der Waals surface area contributed by atoms with E-state index in [-0.39, 0.29) is 24.1 Å². The third-order valence-electron chi connectivity index (χ3n) is 3.58. The highest BCUT2D eigenvalue weighted by molar-refractivity contribution is 5.76. The zero-order valence-electron chi connectivity index (χ0n) is 13.0. The molecule has 1 atom stereocenters. The van der Waals surface area contributed by atoms with Crippen molar-refractivity contribution in [3.63, 3.8) is 0 Å². The Bertz CT molecular complexity index is 622. The molecule has 23 heavy (non-hydrogen) atoms. The first kappa shape index (κ1) is 16.8. The molecule has 0 heterocycles. The van der Waals surface area contributed by atoms with Crippen molar-refractivity contribution in [3.05, 3.63) is 59.7 Å². The molecule has 0 aliphatic carbocycles. The van der Waals surface area contributed by atoms with E-state index in [9.17, 15) is 15.0 Å². The minimum absolute atomic E-state index is 0.200. The lowest BCUT2D eigenvalue weighted by molar-refractivity contribution is -0.145. The van der Waals surface area contributed by atoms with Crippen LogP contribution >= 0.6 is 0 Å². The molecule has 122 valence electrons. The van der Waals surface area contributed by atoms with Crippen molar-refractivity contribution < 1.29 is 19.7 Å². The van der Waals surface area contributed by atoms with Gasteiger partial charge in [0.1, 0.15) is 17.5 Å². The number of phenols is 2. The maximum atomic E-state index is 12.1. The van der Waals surface area contributed by atoms with Gasteiger partial charge in [-0.05, 0) is 48.9 Å². The molecule has 5 heteroatoms. The van der Waals surface area contributed by atoms with E-state index in [1.165, 1.54) is 0 Å². The molecular formula is C18H21NO4. The van der Waals surface area contributed by atoms with Crippen molar-refractivity contribution in [1.82, 2.24) is 5.32 Å². The van der Waals surface area contributed by atoms with Crippen LogP contribution in [0.4, 0.5) is 0 Å². The molecule has 2 rings (SSSR count). The van der Waals surface area contributed by atoms with Crippen molar-refractivity contribution in [1.29, 1.82) is 0 Å². The summed E-state index contributed by atoms with van der Waals surface area (Å²) in [5, 5.41) is 21.4. The number of rotatable bonds is 7. The second-order valence-electron chi connectivity index (χ2n) is 5.30. The third kappa shape index (κ3) is 5.30. The van der Waals surface area contributed by atoms with Gasteiger partial charge in [0.15, 0.2) is 0 Å². The topological polar surface area (TPSA) is 78.8 Å². The van der Waals surface area contributed by atoms with Crippen LogP contribution in [0.2, 0.25) is 0 Å². The van der Waals surface area contributed by atoms with Gasteiger partial charge in [0, 0.05) is 6.42 Å². The maximum absolute atomic E-state index is 12.1. The van der Waals surface area contributed by atoms with Gasteiger partial charge in [0.25, 0.3) is 0 Å². The van der Waals surface area contributed by atoms with E-state index in [0.29, 0.717) is 12.8 Å². The number of benzene rings is 2. The highest BCUT2D eigenvalue weighted by Gasteiger charge is 2.18. The number of hydrogen-bond acceptors (Lipinski definition) is 5. The molecule has 1 unspecified atom stereocenters. The molecule has 0 aromatic heterocycles. The molecular weight excluding hydrogens is 294 g/mol. The number of carbonyl (C=O) groups excluding carboxylic acids is 1. The predicted octanol–water partition coefficient (Wildman–Crippen LogP) is 2.01. The van der Waals surface area contributed by atoms with Crippen LogP contribution in [0.5, 0.6) is 11.5 Å². The number of likely N-dealkylation sites (N-methyl/N-ethyl adjacent to an activating group) is 1. The first-order valence-corrected chi connectivity index (χ1v) is 7.48. The van der Waals surface area contributed by atoms with Gasteiger partial charge in [-0.1, -0.05) is 24.3 Å². The van der Waals surface area contributed by atoms with Gasteiger partial charge in [-0.25, -0.2) is 0 Å². The number of hydrogen-bond donors (Lipinski definition) is 3. The molecule has 3 N–H and O–H groups in total. The van der Waals surface area contributed by atoms with Crippen LogP contribution in [0.1, 0.15) is 11.1 Å². The van der Waals surface area contributed by atoms with E-state index < -0.39 is 6.04 Å². The van der Waals surface area contributed by atoms with Crippen molar-refractivity contribution in [2.24, 2.45) is 0 Å². The van der Waals surface area contributed by atoms with Gasteiger partial charge in [-0.3, -0.25) is 4.79 Å². The molecule has 0 aliphatic heterocycles. The fourth-order valence-electron chi connectivity index (χ4n) is 2.20. The zero-order valence-corrected chi connectivity index (χ0v) is 13.0. The molecule has 5 nitrogen and oxygen atoms in total. The molecule has 0 saturated heterocycles. The second kappa shape index (κ2) is 8.19. The Morgan fingerprint density at radius 3 is 2.04 bits per heavy atom. The van der Waals surface area contributed by atoms with E-state index in [1.54, 1.807) is 55.6 Å². The maximum Gasteiger partial charge on any atom is 0.323 e. The summed E-state index contributed by atoms with van der Waals surface area (Å²) < 4.78 is 5.31. The van der Waals surface area contributed by atoms with Crippen LogP contribution in [0.25, 0.3) is 0 Å². The summed E-state index contributed by atoms with van der Waals surface area (Å²) in [7, 11) is 1.71. The van der Waals surface area contributed by atoms with E-state index >= 15 is 0 Å². The van der Waals surface area contributed by atoms with Crippen LogP contribution in [-0.4, -0.2) is 35.9 Å². The van der Waals surface area contributed by atoms with E-state index in [4.69, 9.17) is 4.74 Å². The summed E-state index contributed by atoms with van der Waals surface area (Å²) in [5.74, 6) is 0.112. The largest absolute Gasteiger partial charge is 0.508 e. The molecule has 2 aromatic carbocycles. The van der Waals surface area contributed by atoms with E-state index in [1.807, 2.05) is 0 Å². The Labute approximate surface area is 135 Å². The quantitative estimate of drug-likeness (QED) is 0.681. The Morgan fingerprint density at radius 2 is 1.52 bits per heavy atom. The molecule has 0 spiro atoms. The average molecular weight is 315 g/mol. The molecule has 0 fully saturated rings. The standard InChI is InChI=1S/C18H21NO4/c1-19-17(12-14-4-8-16(21)9-5-14)18(22)23-11-10-13-2-6-15(20)7-3-13/h2-9,17,19-21H,10-12H2,1H3. The Hall–Kier alpha value is -2.53. The lowest BCUT2D eigenvalue weighted by atomic mass is 10.1.